The van der Waals surface area contributed by atoms with E-state index >= 15 is 0 Å². The third-order valence-corrected chi connectivity index (χ3v) is 3.88. The van der Waals surface area contributed by atoms with Gasteiger partial charge in [0, 0.05) is 5.54 Å². The highest BCUT2D eigenvalue weighted by molar-refractivity contribution is 4.91. The van der Waals surface area contributed by atoms with Crippen LogP contribution in [0.1, 0.15) is 59.3 Å². The molecular formula is C12H25N. The maximum Gasteiger partial charge on any atom is 0.0177 e. The molecule has 1 heteroatoms. The quantitative estimate of drug-likeness (QED) is 0.713. The Kier molecular flexibility index (Phi) is 3.78. The maximum absolute atomic E-state index is 6.36. The summed E-state index contributed by atoms with van der Waals surface area (Å²) in [7, 11) is 0. The van der Waals surface area contributed by atoms with E-state index in [1.165, 1.54) is 38.5 Å². The normalized spacial score (nSPS) is 35.3. The molecule has 0 atom stereocenters. The zero-order chi connectivity index (χ0) is 9.90. The first-order valence-electron chi connectivity index (χ1n) is 5.87. The van der Waals surface area contributed by atoms with Gasteiger partial charge in [0.25, 0.3) is 0 Å². The average molecular weight is 183 g/mol. The van der Waals surface area contributed by atoms with E-state index in [1.807, 2.05) is 0 Å². The highest BCUT2D eigenvalue weighted by Gasteiger charge is 2.33. The van der Waals surface area contributed by atoms with E-state index in [-0.39, 0.29) is 5.54 Å². The van der Waals surface area contributed by atoms with Gasteiger partial charge in [0.15, 0.2) is 0 Å². The molecule has 78 valence electrons. The van der Waals surface area contributed by atoms with Crippen LogP contribution in [0.15, 0.2) is 0 Å². The first-order valence-corrected chi connectivity index (χ1v) is 5.87. The van der Waals surface area contributed by atoms with Crippen LogP contribution in [-0.2, 0) is 0 Å². The molecule has 0 aromatic rings. The number of hydrogen-bond acceptors (Lipinski definition) is 1. The topological polar surface area (TPSA) is 26.0 Å². The van der Waals surface area contributed by atoms with Crippen molar-refractivity contribution in [1.29, 1.82) is 0 Å². The molecule has 0 saturated heterocycles. The van der Waals surface area contributed by atoms with Gasteiger partial charge < -0.3 is 5.73 Å². The Morgan fingerprint density at radius 1 is 1.31 bits per heavy atom. The van der Waals surface area contributed by atoms with E-state index < -0.39 is 0 Å². The second kappa shape index (κ2) is 4.45. The molecule has 13 heavy (non-hydrogen) atoms. The number of rotatable bonds is 3. The molecule has 1 aliphatic rings. The molecule has 0 bridgehead atoms. The third kappa shape index (κ3) is 2.70. The molecule has 0 unspecified atom stereocenters. The van der Waals surface area contributed by atoms with Gasteiger partial charge in [-0.3, -0.25) is 0 Å². The van der Waals surface area contributed by atoms with Crippen LogP contribution >= 0.6 is 0 Å². The minimum atomic E-state index is 0.157. The first kappa shape index (κ1) is 11.0. The summed E-state index contributed by atoms with van der Waals surface area (Å²) in [6.07, 6.45) is 7.97. The van der Waals surface area contributed by atoms with E-state index in [0.29, 0.717) is 5.92 Å². The summed E-state index contributed by atoms with van der Waals surface area (Å²) in [4.78, 5) is 0. The smallest absolute Gasteiger partial charge is 0.0177 e. The van der Waals surface area contributed by atoms with Crippen molar-refractivity contribution in [3.05, 3.63) is 0 Å². The van der Waals surface area contributed by atoms with Crippen molar-refractivity contribution >= 4 is 0 Å². The minimum absolute atomic E-state index is 0.157. The predicted octanol–water partition coefficient (Wildman–Crippen LogP) is 3.33. The van der Waals surface area contributed by atoms with E-state index in [1.54, 1.807) is 0 Å². The largest absolute Gasteiger partial charge is 0.325 e. The van der Waals surface area contributed by atoms with Gasteiger partial charge in [0.1, 0.15) is 0 Å². The van der Waals surface area contributed by atoms with Crippen molar-refractivity contribution < 1.29 is 0 Å². The van der Waals surface area contributed by atoms with Crippen molar-refractivity contribution in [2.45, 2.75) is 64.8 Å². The van der Waals surface area contributed by atoms with Crippen molar-refractivity contribution in [2.75, 3.05) is 0 Å². The van der Waals surface area contributed by atoms with Crippen LogP contribution in [0, 0.1) is 11.8 Å². The first-order chi connectivity index (χ1) is 6.08. The van der Waals surface area contributed by atoms with E-state index in [2.05, 4.69) is 20.8 Å². The van der Waals surface area contributed by atoms with Gasteiger partial charge in [0.2, 0.25) is 0 Å². The number of hydrogen-bond donors (Lipinski definition) is 1. The zero-order valence-electron chi connectivity index (χ0n) is 9.47. The molecule has 0 aliphatic heterocycles. The van der Waals surface area contributed by atoms with Crippen LogP contribution < -0.4 is 5.73 Å². The summed E-state index contributed by atoms with van der Waals surface area (Å²) in [5.74, 6) is 1.62. The molecule has 1 aliphatic carbocycles. The van der Waals surface area contributed by atoms with E-state index in [4.69, 9.17) is 5.73 Å². The Balaban J connectivity index is 2.37. The van der Waals surface area contributed by atoms with E-state index in [9.17, 15) is 0 Å². The molecule has 2 N–H and O–H groups in total. The van der Waals surface area contributed by atoms with Crippen molar-refractivity contribution in [1.82, 2.24) is 0 Å². The molecular weight excluding hydrogens is 158 g/mol. The standard InChI is InChI=1S/C12H25N/c1-4-5-11-6-8-12(13,9-7-11)10(2)3/h10-11H,4-9,13H2,1-3H3. The summed E-state index contributed by atoms with van der Waals surface area (Å²) >= 11 is 0. The Morgan fingerprint density at radius 3 is 2.23 bits per heavy atom. The van der Waals surface area contributed by atoms with Crippen LogP contribution in [0.25, 0.3) is 0 Å². The molecule has 1 rings (SSSR count). The fraction of sp³-hybridized carbons (Fsp3) is 1.00. The lowest BCUT2D eigenvalue weighted by Gasteiger charge is -2.40. The molecule has 0 heterocycles. The molecule has 1 fully saturated rings. The van der Waals surface area contributed by atoms with Gasteiger partial charge in [-0.1, -0.05) is 33.6 Å². The average Bonchev–Trinajstić information content (AvgIpc) is 2.09. The highest BCUT2D eigenvalue weighted by Crippen LogP contribution is 2.36. The predicted molar refractivity (Wildman–Crippen MR) is 58.6 cm³/mol. The molecule has 0 aromatic heterocycles. The molecule has 1 nitrogen and oxygen atoms in total. The number of nitrogens with two attached hydrogens (primary N) is 1. The van der Waals surface area contributed by atoms with Crippen LogP contribution in [0.3, 0.4) is 0 Å². The lowest BCUT2D eigenvalue weighted by molar-refractivity contribution is 0.175. The molecule has 0 aromatic carbocycles. The lowest BCUT2D eigenvalue weighted by atomic mass is 9.70. The van der Waals surface area contributed by atoms with E-state index in [0.717, 1.165) is 5.92 Å². The fourth-order valence-electron chi connectivity index (χ4n) is 2.49. The van der Waals surface area contributed by atoms with Crippen LogP contribution in [0.5, 0.6) is 0 Å². The highest BCUT2D eigenvalue weighted by atomic mass is 14.8. The zero-order valence-corrected chi connectivity index (χ0v) is 9.47. The summed E-state index contributed by atoms with van der Waals surface area (Å²) < 4.78 is 0. The monoisotopic (exact) mass is 183 g/mol. The van der Waals surface area contributed by atoms with Gasteiger partial charge in [-0.25, -0.2) is 0 Å². The van der Waals surface area contributed by atoms with Crippen molar-refractivity contribution in [2.24, 2.45) is 17.6 Å². The van der Waals surface area contributed by atoms with Crippen LogP contribution in [0.4, 0.5) is 0 Å². The summed E-state index contributed by atoms with van der Waals surface area (Å²) in [5, 5.41) is 0. The fourth-order valence-corrected chi connectivity index (χ4v) is 2.49. The molecule has 0 spiro atoms. The third-order valence-electron chi connectivity index (χ3n) is 3.88. The van der Waals surface area contributed by atoms with Crippen molar-refractivity contribution in [3.8, 4) is 0 Å². The lowest BCUT2D eigenvalue weighted by Crippen LogP contribution is -2.47. The summed E-state index contributed by atoms with van der Waals surface area (Å²) in [6.45, 7) is 6.81. The van der Waals surface area contributed by atoms with Crippen LogP contribution in [0.2, 0.25) is 0 Å². The molecule has 0 amide bonds. The molecule has 1 saturated carbocycles. The van der Waals surface area contributed by atoms with Crippen LogP contribution in [-0.4, -0.2) is 5.54 Å². The Hall–Kier alpha value is -0.0400. The van der Waals surface area contributed by atoms with Gasteiger partial charge >= 0.3 is 0 Å². The maximum atomic E-state index is 6.36. The Morgan fingerprint density at radius 2 is 1.85 bits per heavy atom. The molecule has 0 radical (unpaired) electrons. The SMILES string of the molecule is CCCC1CCC(N)(C(C)C)CC1. The van der Waals surface area contributed by atoms with Crippen molar-refractivity contribution in [3.63, 3.8) is 0 Å². The van der Waals surface area contributed by atoms with Gasteiger partial charge in [-0.15, -0.1) is 0 Å². The Labute approximate surface area is 83.1 Å². The van der Waals surface area contributed by atoms with Gasteiger partial charge in [0.05, 0.1) is 0 Å². The van der Waals surface area contributed by atoms with Gasteiger partial charge in [-0.2, -0.15) is 0 Å². The minimum Gasteiger partial charge on any atom is -0.325 e. The second-order valence-electron chi connectivity index (χ2n) is 5.12. The Bertz CT molecular complexity index is 143. The summed E-state index contributed by atoms with van der Waals surface area (Å²) in [5.41, 5.74) is 6.52. The van der Waals surface area contributed by atoms with Gasteiger partial charge in [-0.05, 0) is 37.5 Å². The second-order valence-corrected chi connectivity index (χ2v) is 5.12. The summed E-state index contributed by atoms with van der Waals surface area (Å²) in [6, 6.07) is 0.